The Balaban J connectivity index is 1.62. The van der Waals surface area contributed by atoms with Crippen LogP contribution in [-0.4, -0.2) is 26.6 Å². The molecule has 2 aromatic rings. The fourth-order valence-corrected chi connectivity index (χ4v) is 4.56. The van der Waals surface area contributed by atoms with Crippen LogP contribution < -0.4 is 18.9 Å². The molecule has 5 heteroatoms. The standard InChI is InChI=1S/C22H22O5/c1-11-5-15(11)27-22-19(23-2)6-12-3-4-24-18-8-13-7-16-17(26-10-25-16)9-14(13)21(22)20(12)18/h6-7,9,11,15,18H,3-5,8,10H2,1-2H3. The van der Waals surface area contributed by atoms with Crippen LogP contribution in [0.4, 0.5) is 0 Å². The van der Waals surface area contributed by atoms with Crippen molar-refractivity contribution in [3.05, 3.63) is 34.9 Å². The van der Waals surface area contributed by atoms with Crippen molar-refractivity contribution in [3.63, 3.8) is 0 Å². The van der Waals surface area contributed by atoms with E-state index in [1.54, 1.807) is 7.11 Å². The van der Waals surface area contributed by atoms with Crippen molar-refractivity contribution in [3.8, 4) is 34.1 Å². The lowest BCUT2D eigenvalue weighted by Gasteiger charge is -2.35. The predicted octanol–water partition coefficient (Wildman–Crippen LogP) is 4.05. The van der Waals surface area contributed by atoms with Gasteiger partial charge in [-0.2, -0.15) is 0 Å². The maximum Gasteiger partial charge on any atom is 0.231 e. The first-order chi connectivity index (χ1) is 13.2. The zero-order chi connectivity index (χ0) is 18.1. The second kappa shape index (κ2) is 5.55. The Kier molecular flexibility index (Phi) is 3.21. The third-order valence-corrected chi connectivity index (χ3v) is 6.18. The van der Waals surface area contributed by atoms with Gasteiger partial charge >= 0.3 is 0 Å². The summed E-state index contributed by atoms with van der Waals surface area (Å²) in [5.74, 6) is 3.86. The molecule has 2 aliphatic heterocycles. The van der Waals surface area contributed by atoms with E-state index in [4.69, 9.17) is 23.7 Å². The minimum Gasteiger partial charge on any atom is -0.493 e. The maximum atomic E-state index is 6.45. The van der Waals surface area contributed by atoms with E-state index in [1.807, 2.05) is 0 Å². The van der Waals surface area contributed by atoms with E-state index < -0.39 is 0 Å². The molecule has 1 fully saturated rings. The topological polar surface area (TPSA) is 46.2 Å². The van der Waals surface area contributed by atoms with Crippen LogP contribution >= 0.6 is 0 Å². The highest BCUT2D eigenvalue weighted by Crippen LogP contribution is 2.55. The zero-order valence-electron chi connectivity index (χ0n) is 15.5. The number of hydrogen-bond acceptors (Lipinski definition) is 5. The van der Waals surface area contributed by atoms with Crippen molar-refractivity contribution in [2.24, 2.45) is 5.92 Å². The van der Waals surface area contributed by atoms with Gasteiger partial charge in [-0.15, -0.1) is 0 Å². The molecule has 0 saturated heterocycles. The van der Waals surface area contributed by atoms with Gasteiger partial charge in [-0.3, -0.25) is 0 Å². The minimum atomic E-state index is 0.0569. The van der Waals surface area contributed by atoms with Crippen LogP contribution in [0.1, 0.15) is 36.1 Å². The Labute approximate surface area is 158 Å². The van der Waals surface area contributed by atoms with E-state index in [0.29, 0.717) is 5.92 Å². The molecule has 0 radical (unpaired) electrons. The number of benzene rings is 2. The molecular formula is C22H22O5. The Morgan fingerprint density at radius 3 is 2.67 bits per heavy atom. The normalized spacial score (nSPS) is 26.2. The maximum absolute atomic E-state index is 6.45. The van der Waals surface area contributed by atoms with Gasteiger partial charge in [0.05, 0.1) is 19.8 Å². The molecule has 6 rings (SSSR count). The van der Waals surface area contributed by atoms with E-state index >= 15 is 0 Å². The summed E-state index contributed by atoms with van der Waals surface area (Å²) in [6, 6.07) is 6.34. The van der Waals surface area contributed by atoms with Crippen LogP contribution in [0, 0.1) is 5.92 Å². The fraction of sp³-hybridized carbons (Fsp3) is 0.455. The minimum absolute atomic E-state index is 0.0569. The Morgan fingerprint density at radius 1 is 1.07 bits per heavy atom. The summed E-state index contributed by atoms with van der Waals surface area (Å²) in [7, 11) is 1.72. The molecular weight excluding hydrogens is 344 g/mol. The fourth-order valence-electron chi connectivity index (χ4n) is 4.56. The summed E-state index contributed by atoms with van der Waals surface area (Å²) in [6.07, 6.45) is 3.15. The SMILES string of the molecule is COc1cc2c3c(c1OC1CC1C)-c1cc4c(cc1CC3OCC2)OCO4. The number of hydrogen-bond donors (Lipinski definition) is 0. The van der Waals surface area contributed by atoms with Gasteiger partial charge in [0.15, 0.2) is 23.0 Å². The molecule has 1 saturated carbocycles. The predicted molar refractivity (Wildman–Crippen MR) is 98.9 cm³/mol. The summed E-state index contributed by atoms with van der Waals surface area (Å²) < 4.78 is 29.6. The molecule has 0 spiro atoms. The van der Waals surface area contributed by atoms with E-state index in [2.05, 4.69) is 25.1 Å². The smallest absolute Gasteiger partial charge is 0.231 e. The first-order valence-electron chi connectivity index (χ1n) is 9.68. The van der Waals surface area contributed by atoms with Gasteiger partial charge in [0, 0.05) is 12.0 Å². The first kappa shape index (κ1) is 15.6. The first-order valence-corrected chi connectivity index (χ1v) is 9.68. The van der Waals surface area contributed by atoms with Gasteiger partial charge in [-0.05, 0) is 59.2 Å². The monoisotopic (exact) mass is 366 g/mol. The van der Waals surface area contributed by atoms with E-state index in [1.165, 1.54) is 16.7 Å². The second-order valence-electron chi connectivity index (χ2n) is 7.90. The van der Waals surface area contributed by atoms with Gasteiger partial charge in [-0.25, -0.2) is 0 Å². The van der Waals surface area contributed by atoms with Crippen LogP contribution in [0.25, 0.3) is 11.1 Å². The Morgan fingerprint density at radius 2 is 1.89 bits per heavy atom. The average Bonchev–Trinajstić information content (AvgIpc) is 3.18. The van der Waals surface area contributed by atoms with Gasteiger partial charge < -0.3 is 23.7 Å². The van der Waals surface area contributed by atoms with Crippen LogP contribution in [0.3, 0.4) is 0 Å². The van der Waals surface area contributed by atoms with Crippen LogP contribution in [-0.2, 0) is 17.6 Å². The van der Waals surface area contributed by atoms with Crippen LogP contribution in [0.2, 0.25) is 0 Å². The quantitative estimate of drug-likeness (QED) is 0.820. The number of methoxy groups -OCH3 is 1. The summed E-state index contributed by atoms with van der Waals surface area (Å²) in [6.45, 7) is 3.23. The lowest BCUT2D eigenvalue weighted by Crippen LogP contribution is -2.23. The molecule has 5 nitrogen and oxygen atoms in total. The van der Waals surface area contributed by atoms with Crippen molar-refractivity contribution in [2.45, 2.75) is 38.4 Å². The number of rotatable bonds is 3. The zero-order valence-corrected chi connectivity index (χ0v) is 15.5. The van der Waals surface area contributed by atoms with Crippen molar-refractivity contribution in [1.82, 2.24) is 0 Å². The summed E-state index contributed by atoms with van der Waals surface area (Å²) in [5, 5.41) is 0. The lowest BCUT2D eigenvalue weighted by atomic mass is 9.79. The summed E-state index contributed by atoms with van der Waals surface area (Å²) >= 11 is 0. The summed E-state index contributed by atoms with van der Waals surface area (Å²) in [5.41, 5.74) is 6.05. The third kappa shape index (κ3) is 2.27. The van der Waals surface area contributed by atoms with Crippen molar-refractivity contribution in [1.29, 1.82) is 0 Å². The highest BCUT2D eigenvalue weighted by molar-refractivity contribution is 5.85. The molecule has 3 atom stereocenters. The van der Waals surface area contributed by atoms with Crippen molar-refractivity contribution in [2.75, 3.05) is 20.5 Å². The van der Waals surface area contributed by atoms with Crippen molar-refractivity contribution < 1.29 is 23.7 Å². The number of fused-ring (bicyclic) bond motifs is 3. The second-order valence-corrected chi connectivity index (χ2v) is 7.90. The van der Waals surface area contributed by atoms with Gasteiger partial charge in [0.1, 0.15) is 6.10 Å². The molecule has 4 aliphatic rings. The molecule has 2 aromatic carbocycles. The van der Waals surface area contributed by atoms with Crippen LogP contribution in [0.5, 0.6) is 23.0 Å². The molecule has 2 aliphatic carbocycles. The molecule has 2 heterocycles. The molecule has 27 heavy (non-hydrogen) atoms. The highest BCUT2D eigenvalue weighted by Gasteiger charge is 2.40. The molecule has 0 bridgehead atoms. The molecule has 0 N–H and O–H groups in total. The Bertz CT molecular complexity index is 950. The van der Waals surface area contributed by atoms with E-state index in [-0.39, 0.29) is 19.0 Å². The summed E-state index contributed by atoms with van der Waals surface area (Å²) in [4.78, 5) is 0. The lowest BCUT2D eigenvalue weighted by molar-refractivity contribution is 0.0416. The molecule has 140 valence electrons. The average molecular weight is 366 g/mol. The van der Waals surface area contributed by atoms with Crippen LogP contribution in [0.15, 0.2) is 18.2 Å². The van der Waals surface area contributed by atoms with Crippen molar-refractivity contribution >= 4 is 0 Å². The highest BCUT2D eigenvalue weighted by atomic mass is 16.7. The molecule has 0 amide bonds. The molecule has 0 aromatic heterocycles. The largest absolute Gasteiger partial charge is 0.493 e. The molecule has 3 unspecified atom stereocenters. The van der Waals surface area contributed by atoms with Gasteiger partial charge in [0.2, 0.25) is 6.79 Å². The van der Waals surface area contributed by atoms with Gasteiger partial charge in [-0.1, -0.05) is 6.92 Å². The third-order valence-electron chi connectivity index (χ3n) is 6.18. The van der Waals surface area contributed by atoms with E-state index in [9.17, 15) is 0 Å². The Hall–Kier alpha value is -2.40. The number of ether oxygens (including phenoxy) is 5. The van der Waals surface area contributed by atoms with Gasteiger partial charge in [0.25, 0.3) is 0 Å². The van der Waals surface area contributed by atoms with E-state index in [0.717, 1.165) is 60.0 Å².